The van der Waals surface area contributed by atoms with Gasteiger partial charge in [-0.05, 0) is 20.3 Å². The van der Waals surface area contributed by atoms with Crippen molar-refractivity contribution in [2.75, 3.05) is 20.3 Å². The van der Waals surface area contributed by atoms with Crippen LogP contribution in [0.15, 0.2) is 0 Å². The summed E-state index contributed by atoms with van der Waals surface area (Å²) in [6.45, 7) is 4.56. The molecule has 0 aliphatic rings. The number of esters is 1. The summed E-state index contributed by atoms with van der Waals surface area (Å²) in [5.41, 5.74) is 5.33. The van der Waals surface area contributed by atoms with E-state index < -0.39 is 5.54 Å². The summed E-state index contributed by atoms with van der Waals surface area (Å²) in [4.78, 5) is 11.1. The van der Waals surface area contributed by atoms with E-state index in [-0.39, 0.29) is 12.4 Å². The van der Waals surface area contributed by atoms with Crippen LogP contribution < -0.4 is 5.73 Å². The predicted molar refractivity (Wildman–Crippen MR) is 50.3 cm³/mol. The van der Waals surface area contributed by atoms with E-state index >= 15 is 0 Å². The second kappa shape index (κ2) is 5.94. The van der Waals surface area contributed by atoms with Gasteiger partial charge >= 0.3 is 5.97 Å². The molecule has 2 N–H and O–H groups in total. The van der Waals surface area contributed by atoms with Crippen LogP contribution in [0.5, 0.6) is 0 Å². The predicted octanol–water partition coefficient (Wildman–Crippen LogP) is 0.694. The van der Waals surface area contributed by atoms with Crippen LogP contribution in [0.2, 0.25) is 0 Å². The number of carbonyl (C=O) groups is 1. The molecule has 0 amide bonds. The Morgan fingerprint density at radius 2 is 2.15 bits per heavy atom. The smallest absolute Gasteiger partial charge is 0.307 e. The van der Waals surface area contributed by atoms with E-state index in [1.807, 2.05) is 6.92 Å². The molecule has 0 fully saturated rings. The summed E-state index contributed by atoms with van der Waals surface area (Å²) in [5.74, 6) is -0.247. The molecule has 0 spiro atoms. The summed E-state index contributed by atoms with van der Waals surface area (Å²) in [6.07, 6.45) is 0.895. The number of hydrogen-bond donors (Lipinski definition) is 1. The third-order valence-electron chi connectivity index (χ3n) is 1.73. The van der Waals surface area contributed by atoms with Gasteiger partial charge < -0.3 is 15.2 Å². The monoisotopic (exact) mass is 189 g/mol. The summed E-state index contributed by atoms with van der Waals surface area (Å²) in [5, 5.41) is 0. The number of nitrogens with two attached hydrogens (primary N) is 1. The standard InChI is InChI=1S/C9H19NO3/c1-4-13-8(11)7-9(2,10)5-6-12-3/h4-7,10H2,1-3H3. The third kappa shape index (κ3) is 6.54. The van der Waals surface area contributed by atoms with Crippen LogP contribution >= 0.6 is 0 Å². The molecule has 0 aliphatic carbocycles. The molecule has 0 aromatic carbocycles. The highest BCUT2D eigenvalue weighted by Crippen LogP contribution is 2.11. The van der Waals surface area contributed by atoms with Gasteiger partial charge in [0.05, 0.1) is 13.0 Å². The number of methoxy groups -OCH3 is 1. The second-order valence-electron chi connectivity index (χ2n) is 3.38. The fourth-order valence-electron chi connectivity index (χ4n) is 0.965. The average molecular weight is 189 g/mol. The third-order valence-corrected chi connectivity index (χ3v) is 1.73. The molecule has 13 heavy (non-hydrogen) atoms. The number of rotatable bonds is 6. The minimum atomic E-state index is -0.526. The highest BCUT2D eigenvalue weighted by atomic mass is 16.5. The lowest BCUT2D eigenvalue weighted by Gasteiger charge is -2.22. The van der Waals surface area contributed by atoms with Gasteiger partial charge in [0, 0.05) is 19.3 Å². The Morgan fingerprint density at radius 3 is 2.62 bits per heavy atom. The molecule has 4 heteroatoms. The van der Waals surface area contributed by atoms with E-state index in [0.29, 0.717) is 19.6 Å². The molecule has 0 saturated heterocycles. The van der Waals surface area contributed by atoms with Crippen LogP contribution in [0.4, 0.5) is 0 Å². The van der Waals surface area contributed by atoms with Crippen molar-refractivity contribution in [3.8, 4) is 0 Å². The molecule has 0 saturated carbocycles. The van der Waals surface area contributed by atoms with Gasteiger partial charge in [0.1, 0.15) is 0 Å². The van der Waals surface area contributed by atoms with E-state index in [9.17, 15) is 4.79 Å². The molecular weight excluding hydrogens is 170 g/mol. The molecule has 78 valence electrons. The first-order chi connectivity index (χ1) is 6.02. The fraction of sp³-hybridized carbons (Fsp3) is 0.889. The zero-order valence-corrected chi connectivity index (χ0v) is 8.63. The van der Waals surface area contributed by atoms with Gasteiger partial charge in [0.15, 0.2) is 0 Å². The van der Waals surface area contributed by atoms with Crippen molar-refractivity contribution < 1.29 is 14.3 Å². The first-order valence-corrected chi connectivity index (χ1v) is 4.45. The van der Waals surface area contributed by atoms with E-state index in [1.165, 1.54) is 0 Å². The number of carbonyl (C=O) groups excluding carboxylic acids is 1. The van der Waals surface area contributed by atoms with Crippen LogP contribution in [-0.4, -0.2) is 31.8 Å². The maximum absolute atomic E-state index is 11.1. The van der Waals surface area contributed by atoms with Gasteiger partial charge in [-0.25, -0.2) is 0 Å². The number of hydrogen-bond acceptors (Lipinski definition) is 4. The molecule has 0 bridgehead atoms. The zero-order chi connectivity index (χ0) is 10.3. The molecule has 0 aromatic rings. The Kier molecular flexibility index (Phi) is 5.66. The van der Waals surface area contributed by atoms with Crippen LogP contribution in [0.1, 0.15) is 26.7 Å². The molecule has 1 unspecified atom stereocenters. The molecule has 0 heterocycles. The molecule has 0 radical (unpaired) electrons. The van der Waals surface area contributed by atoms with Crippen molar-refractivity contribution in [2.45, 2.75) is 32.2 Å². The largest absolute Gasteiger partial charge is 0.466 e. The van der Waals surface area contributed by atoms with Crippen LogP contribution in [0.3, 0.4) is 0 Å². The minimum Gasteiger partial charge on any atom is -0.466 e. The van der Waals surface area contributed by atoms with Crippen molar-refractivity contribution in [1.82, 2.24) is 0 Å². The van der Waals surface area contributed by atoms with Crippen molar-refractivity contribution in [1.29, 1.82) is 0 Å². The van der Waals surface area contributed by atoms with Crippen LogP contribution in [-0.2, 0) is 14.3 Å². The highest BCUT2D eigenvalue weighted by molar-refractivity contribution is 5.70. The number of ether oxygens (including phenoxy) is 2. The van der Waals surface area contributed by atoms with Crippen molar-refractivity contribution >= 4 is 5.97 Å². The first-order valence-electron chi connectivity index (χ1n) is 4.45. The molecule has 0 aromatic heterocycles. The maximum atomic E-state index is 11.1. The van der Waals surface area contributed by atoms with Gasteiger partial charge in [0.2, 0.25) is 0 Å². The van der Waals surface area contributed by atoms with Crippen LogP contribution in [0, 0.1) is 0 Å². The average Bonchev–Trinajstić information content (AvgIpc) is 2.00. The zero-order valence-electron chi connectivity index (χ0n) is 8.63. The summed E-state index contributed by atoms with van der Waals surface area (Å²) in [7, 11) is 1.61. The lowest BCUT2D eigenvalue weighted by atomic mass is 9.96. The van der Waals surface area contributed by atoms with E-state index in [1.54, 1.807) is 14.0 Å². The quantitative estimate of drug-likeness (QED) is 0.624. The molecule has 0 aliphatic heterocycles. The highest BCUT2D eigenvalue weighted by Gasteiger charge is 2.22. The molecular formula is C9H19NO3. The van der Waals surface area contributed by atoms with Crippen molar-refractivity contribution in [2.24, 2.45) is 5.73 Å². The minimum absolute atomic E-state index is 0.240. The van der Waals surface area contributed by atoms with Gasteiger partial charge in [-0.1, -0.05) is 0 Å². The topological polar surface area (TPSA) is 61.5 Å². The van der Waals surface area contributed by atoms with Crippen molar-refractivity contribution in [3.63, 3.8) is 0 Å². The summed E-state index contributed by atoms with van der Waals surface area (Å²) < 4.78 is 9.69. The van der Waals surface area contributed by atoms with Crippen LogP contribution in [0.25, 0.3) is 0 Å². The van der Waals surface area contributed by atoms with E-state index in [2.05, 4.69) is 0 Å². The van der Waals surface area contributed by atoms with Gasteiger partial charge in [-0.15, -0.1) is 0 Å². The second-order valence-corrected chi connectivity index (χ2v) is 3.38. The first kappa shape index (κ1) is 12.4. The lowest BCUT2D eigenvalue weighted by molar-refractivity contribution is -0.144. The molecule has 1 atom stereocenters. The van der Waals surface area contributed by atoms with E-state index in [4.69, 9.17) is 15.2 Å². The summed E-state index contributed by atoms with van der Waals surface area (Å²) in [6, 6.07) is 0. The normalized spacial score (nSPS) is 15.1. The van der Waals surface area contributed by atoms with Gasteiger partial charge in [0.25, 0.3) is 0 Å². The Morgan fingerprint density at radius 1 is 1.54 bits per heavy atom. The van der Waals surface area contributed by atoms with Gasteiger partial charge in [-0.2, -0.15) is 0 Å². The lowest BCUT2D eigenvalue weighted by Crippen LogP contribution is -2.40. The Balaban J connectivity index is 3.79. The van der Waals surface area contributed by atoms with Gasteiger partial charge in [-0.3, -0.25) is 4.79 Å². The fourth-order valence-corrected chi connectivity index (χ4v) is 0.965. The Labute approximate surface area is 79.4 Å². The maximum Gasteiger partial charge on any atom is 0.307 e. The van der Waals surface area contributed by atoms with Crippen molar-refractivity contribution in [3.05, 3.63) is 0 Å². The Bertz CT molecular complexity index is 157. The molecule has 0 rings (SSSR count). The SMILES string of the molecule is CCOC(=O)CC(C)(N)CCOC. The summed E-state index contributed by atoms with van der Waals surface area (Å²) >= 11 is 0. The van der Waals surface area contributed by atoms with E-state index in [0.717, 1.165) is 0 Å². The Hall–Kier alpha value is -0.610. The molecule has 4 nitrogen and oxygen atoms in total.